The van der Waals surface area contributed by atoms with Crippen molar-refractivity contribution in [1.29, 1.82) is 0 Å². The molecule has 98 valence electrons. The van der Waals surface area contributed by atoms with Crippen molar-refractivity contribution in [2.24, 2.45) is 5.41 Å². The number of amides is 1. The molecule has 0 unspecified atom stereocenters. The fourth-order valence-electron chi connectivity index (χ4n) is 2.12. The van der Waals surface area contributed by atoms with Gasteiger partial charge in [-0.2, -0.15) is 0 Å². The summed E-state index contributed by atoms with van der Waals surface area (Å²) in [5.74, 6) is -0.856. The molecule has 1 saturated carbocycles. The Kier molecular flexibility index (Phi) is 2.55. The van der Waals surface area contributed by atoms with Crippen LogP contribution in [-0.4, -0.2) is 17.0 Å². The van der Waals surface area contributed by atoms with Gasteiger partial charge in [0.25, 0.3) is 0 Å². The first-order chi connectivity index (χ1) is 9.12. The maximum Gasteiger partial charge on any atom is 0.319 e. The number of nitrogens with one attached hydrogen (secondary N) is 1. The molecule has 1 fully saturated rings. The van der Waals surface area contributed by atoms with Crippen LogP contribution in [0.5, 0.6) is 0 Å². The molecule has 0 radical (unpaired) electrons. The SMILES string of the molecule is O=C(O)C1(C(=O)NCc2cc3ccccc3o2)CC1. The summed E-state index contributed by atoms with van der Waals surface area (Å²) in [6.45, 7) is 0.211. The van der Waals surface area contributed by atoms with Gasteiger partial charge < -0.3 is 14.8 Å². The quantitative estimate of drug-likeness (QED) is 0.822. The van der Waals surface area contributed by atoms with Gasteiger partial charge in [-0.05, 0) is 25.0 Å². The van der Waals surface area contributed by atoms with Gasteiger partial charge in [-0.1, -0.05) is 18.2 Å². The lowest BCUT2D eigenvalue weighted by atomic mass is 10.1. The van der Waals surface area contributed by atoms with Crippen LogP contribution in [0.1, 0.15) is 18.6 Å². The van der Waals surface area contributed by atoms with Crippen molar-refractivity contribution >= 4 is 22.8 Å². The smallest absolute Gasteiger partial charge is 0.319 e. The predicted molar refractivity (Wildman–Crippen MR) is 67.4 cm³/mol. The van der Waals surface area contributed by atoms with Crippen LogP contribution in [0.3, 0.4) is 0 Å². The van der Waals surface area contributed by atoms with Crippen molar-refractivity contribution in [3.05, 3.63) is 36.1 Å². The second-order valence-electron chi connectivity index (χ2n) is 4.82. The maximum atomic E-state index is 11.8. The van der Waals surface area contributed by atoms with E-state index in [0.29, 0.717) is 18.6 Å². The second-order valence-corrected chi connectivity index (χ2v) is 4.82. The molecule has 0 atom stereocenters. The third-order valence-electron chi connectivity index (χ3n) is 3.49. The third-order valence-corrected chi connectivity index (χ3v) is 3.49. The second kappa shape index (κ2) is 4.12. The highest BCUT2D eigenvalue weighted by atomic mass is 16.4. The topological polar surface area (TPSA) is 79.5 Å². The lowest BCUT2D eigenvalue weighted by molar-refractivity contribution is -0.149. The van der Waals surface area contributed by atoms with E-state index in [1.54, 1.807) is 0 Å². The molecule has 1 amide bonds. The van der Waals surface area contributed by atoms with Gasteiger partial charge in [0.15, 0.2) is 0 Å². The van der Waals surface area contributed by atoms with Crippen LogP contribution in [0.2, 0.25) is 0 Å². The highest BCUT2D eigenvalue weighted by Gasteiger charge is 2.56. The summed E-state index contributed by atoms with van der Waals surface area (Å²) in [5.41, 5.74) is -0.447. The Morgan fingerprint density at radius 2 is 2.05 bits per heavy atom. The molecule has 1 aliphatic carbocycles. The van der Waals surface area contributed by atoms with Gasteiger partial charge in [0.1, 0.15) is 16.8 Å². The molecule has 2 aromatic rings. The van der Waals surface area contributed by atoms with Crippen LogP contribution in [0, 0.1) is 5.41 Å². The zero-order valence-electron chi connectivity index (χ0n) is 10.2. The highest BCUT2D eigenvalue weighted by molar-refractivity contribution is 6.04. The number of carbonyl (C=O) groups is 2. The van der Waals surface area contributed by atoms with E-state index in [-0.39, 0.29) is 6.54 Å². The average molecular weight is 259 g/mol. The van der Waals surface area contributed by atoms with Gasteiger partial charge in [0.05, 0.1) is 6.54 Å². The van der Waals surface area contributed by atoms with E-state index in [9.17, 15) is 9.59 Å². The van der Waals surface area contributed by atoms with Crippen LogP contribution in [-0.2, 0) is 16.1 Å². The molecule has 1 heterocycles. The zero-order chi connectivity index (χ0) is 13.5. The standard InChI is InChI=1S/C14H13NO4/c16-12(14(5-6-14)13(17)18)15-8-10-7-9-3-1-2-4-11(9)19-10/h1-4,7H,5-6,8H2,(H,15,16)(H,17,18). The predicted octanol–water partition coefficient (Wildman–Crippen LogP) is 1.91. The summed E-state index contributed by atoms with van der Waals surface area (Å²) in [7, 11) is 0. The Balaban J connectivity index is 1.69. The van der Waals surface area contributed by atoms with Crippen LogP contribution < -0.4 is 5.32 Å². The average Bonchev–Trinajstić information content (AvgIpc) is 3.11. The first-order valence-electron chi connectivity index (χ1n) is 6.11. The molecule has 0 aliphatic heterocycles. The largest absolute Gasteiger partial charge is 0.480 e. The summed E-state index contributed by atoms with van der Waals surface area (Å²) >= 11 is 0. The summed E-state index contributed by atoms with van der Waals surface area (Å²) in [6, 6.07) is 9.39. The Morgan fingerprint density at radius 1 is 1.32 bits per heavy atom. The molecule has 1 aromatic carbocycles. The molecule has 1 aromatic heterocycles. The van der Waals surface area contributed by atoms with Gasteiger partial charge in [0.2, 0.25) is 5.91 Å². The molecule has 5 nitrogen and oxygen atoms in total. The fraction of sp³-hybridized carbons (Fsp3) is 0.286. The Morgan fingerprint density at radius 3 is 2.68 bits per heavy atom. The number of carbonyl (C=O) groups excluding carboxylic acids is 1. The van der Waals surface area contributed by atoms with E-state index in [0.717, 1.165) is 11.0 Å². The molecule has 1 aliphatic rings. The monoisotopic (exact) mass is 259 g/mol. The molecular weight excluding hydrogens is 246 g/mol. The fourth-order valence-corrected chi connectivity index (χ4v) is 2.12. The molecule has 0 bridgehead atoms. The van der Waals surface area contributed by atoms with Crippen molar-refractivity contribution in [1.82, 2.24) is 5.32 Å². The number of fused-ring (bicyclic) bond motifs is 1. The first-order valence-corrected chi connectivity index (χ1v) is 6.11. The summed E-state index contributed by atoms with van der Waals surface area (Å²) < 4.78 is 5.55. The number of para-hydroxylation sites is 1. The number of furan rings is 1. The van der Waals surface area contributed by atoms with Crippen molar-refractivity contribution in [3.63, 3.8) is 0 Å². The van der Waals surface area contributed by atoms with E-state index >= 15 is 0 Å². The van der Waals surface area contributed by atoms with Gasteiger partial charge in [-0.3, -0.25) is 9.59 Å². The number of hydrogen-bond donors (Lipinski definition) is 2. The first kappa shape index (κ1) is 11.8. The van der Waals surface area contributed by atoms with Crippen molar-refractivity contribution < 1.29 is 19.1 Å². The Labute approximate surface area is 109 Å². The van der Waals surface area contributed by atoms with E-state index in [1.807, 2.05) is 30.3 Å². The Bertz CT molecular complexity index is 621. The minimum atomic E-state index is -1.20. The zero-order valence-corrected chi connectivity index (χ0v) is 10.2. The number of rotatable bonds is 4. The van der Waals surface area contributed by atoms with Crippen molar-refractivity contribution in [3.8, 4) is 0 Å². The lowest BCUT2D eigenvalue weighted by Crippen LogP contribution is -2.36. The molecule has 0 spiro atoms. The van der Waals surface area contributed by atoms with E-state index in [4.69, 9.17) is 9.52 Å². The third kappa shape index (κ3) is 1.97. The van der Waals surface area contributed by atoms with Crippen molar-refractivity contribution in [2.75, 3.05) is 0 Å². The number of hydrogen-bond acceptors (Lipinski definition) is 3. The van der Waals surface area contributed by atoms with E-state index in [2.05, 4.69) is 5.32 Å². The van der Waals surface area contributed by atoms with Gasteiger partial charge in [0, 0.05) is 5.39 Å². The number of carboxylic acid groups (broad SMARTS) is 1. The molecule has 19 heavy (non-hydrogen) atoms. The van der Waals surface area contributed by atoms with Crippen LogP contribution in [0.25, 0.3) is 11.0 Å². The maximum absolute atomic E-state index is 11.8. The molecule has 5 heteroatoms. The summed E-state index contributed by atoms with van der Waals surface area (Å²) in [6.07, 6.45) is 0.822. The number of benzene rings is 1. The van der Waals surface area contributed by atoms with Crippen molar-refractivity contribution in [2.45, 2.75) is 19.4 Å². The van der Waals surface area contributed by atoms with E-state index in [1.165, 1.54) is 0 Å². The van der Waals surface area contributed by atoms with Gasteiger partial charge >= 0.3 is 5.97 Å². The number of carboxylic acids is 1. The minimum absolute atomic E-state index is 0.211. The van der Waals surface area contributed by atoms with Gasteiger partial charge in [-0.25, -0.2) is 0 Å². The van der Waals surface area contributed by atoms with Crippen LogP contribution in [0.15, 0.2) is 34.7 Å². The molecule has 2 N–H and O–H groups in total. The number of aliphatic carboxylic acids is 1. The van der Waals surface area contributed by atoms with Crippen LogP contribution >= 0.6 is 0 Å². The summed E-state index contributed by atoms with van der Waals surface area (Å²) in [4.78, 5) is 22.8. The normalized spacial score (nSPS) is 16.2. The van der Waals surface area contributed by atoms with E-state index < -0.39 is 17.3 Å². The molecule has 3 rings (SSSR count). The Hall–Kier alpha value is -2.30. The minimum Gasteiger partial charge on any atom is -0.480 e. The lowest BCUT2D eigenvalue weighted by Gasteiger charge is -2.09. The molecular formula is C14H13NO4. The van der Waals surface area contributed by atoms with Gasteiger partial charge in [-0.15, -0.1) is 0 Å². The highest BCUT2D eigenvalue weighted by Crippen LogP contribution is 2.46. The molecule has 0 saturated heterocycles. The summed E-state index contributed by atoms with van der Waals surface area (Å²) in [5, 5.41) is 12.6. The van der Waals surface area contributed by atoms with Crippen LogP contribution in [0.4, 0.5) is 0 Å².